The van der Waals surface area contributed by atoms with Gasteiger partial charge in [0.15, 0.2) is 0 Å². The molecule has 1 aliphatic heterocycles. The summed E-state index contributed by atoms with van der Waals surface area (Å²) in [4.78, 5) is 5.95. The highest BCUT2D eigenvalue weighted by molar-refractivity contribution is 5.85. The Labute approximate surface area is 106 Å². The Morgan fingerprint density at radius 3 is 2.53 bits per heavy atom. The molecule has 17 heavy (non-hydrogen) atoms. The van der Waals surface area contributed by atoms with Gasteiger partial charge in [-0.05, 0) is 11.6 Å². The van der Waals surface area contributed by atoms with Crippen molar-refractivity contribution in [1.82, 2.24) is 25.3 Å². The van der Waals surface area contributed by atoms with Crippen molar-refractivity contribution in [3.8, 4) is 0 Å². The molecule has 5 nitrogen and oxygen atoms in total. The third-order valence-corrected chi connectivity index (χ3v) is 2.97. The maximum atomic E-state index is 4.25. The van der Waals surface area contributed by atoms with Gasteiger partial charge in [0.1, 0.15) is 6.04 Å². The largest absolute Gasteiger partial charge is 0.316 e. The van der Waals surface area contributed by atoms with Gasteiger partial charge in [0.2, 0.25) is 0 Å². The SMILES string of the molecule is Cl.c1cncc(C(C2CNC2)n2nccn2)c1. The van der Waals surface area contributed by atoms with Gasteiger partial charge >= 0.3 is 0 Å². The fraction of sp³-hybridized carbons (Fsp3) is 0.364. The van der Waals surface area contributed by atoms with E-state index in [9.17, 15) is 0 Å². The zero-order chi connectivity index (χ0) is 10.8. The monoisotopic (exact) mass is 251 g/mol. The van der Waals surface area contributed by atoms with E-state index in [-0.39, 0.29) is 18.4 Å². The minimum absolute atomic E-state index is 0. The van der Waals surface area contributed by atoms with Gasteiger partial charge in [-0.25, -0.2) is 0 Å². The molecule has 1 saturated heterocycles. The summed E-state index contributed by atoms with van der Waals surface area (Å²) in [7, 11) is 0. The zero-order valence-corrected chi connectivity index (χ0v) is 10.0. The number of aromatic nitrogens is 4. The molecule has 0 amide bonds. The van der Waals surface area contributed by atoms with Crippen LogP contribution >= 0.6 is 12.4 Å². The number of nitrogens with zero attached hydrogens (tertiary/aromatic N) is 4. The summed E-state index contributed by atoms with van der Waals surface area (Å²) in [6, 6.07) is 4.24. The molecule has 1 unspecified atom stereocenters. The zero-order valence-electron chi connectivity index (χ0n) is 9.23. The third kappa shape index (κ3) is 2.30. The topological polar surface area (TPSA) is 55.6 Å². The first-order valence-electron chi connectivity index (χ1n) is 5.41. The molecule has 1 atom stereocenters. The van der Waals surface area contributed by atoms with Crippen LogP contribution in [0.1, 0.15) is 11.6 Å². The first-order chi connectivity index (χ1) is 7.95. The average molecular weight is 252 g/mol. The molecule has 0 radical (unpaired) electrons. The van der Waals surface area contributed by atoms with Crippen LogP contribution in [0.4, 0.5) is 0 Å². The van der Waals surface area contributed by atoms with Crippen molar-refractivity contribution in [2.24, 2.45) is 5.92 Å². The van der Waals surface area contributed by atoms with Crippen LogP contribution in [0.3, 0.4) is 0 Å². The van der Waals surface area contributed by atoms with Gasteiger partial charge in [-0.1, -0.05) is 6.07 Å². The van der Waals surface area contributed by atoms with Crippen molar-refractivity contribution in [1.29, 1.82) is 0 Å². The fourth-order valence-electron chi connectivity index (χ4n) is 2.05. The third-order valence-electron chi connectivity index (χ3n) is 2.97. The molecule has 3 heterocycles. The van der Waals surface area contributed by atoms with Crippen LogP contribution in [0.15, 0.2) is 36.9 Å². The van der Waals surface area contributed by atoms with Crippen LogP contribution in [0.25, 0.3) is 0 Å². The van der Waals surface area contributed by atoms with Crippen LogP contribution in [-0.4, -0.2) is 33.1 Å². The normalized spacial score (nSPS) is 16.9. The first-order valence-corrected chi connectivity index (χ1v) is 5.41. The van der Waals surface area contributed by atoms with Gasteiger partial charge in [-0.15, -0.1) is 12.4 Å². The Balaban J connectivity index is 0.00000108. The van der Waals surface area contributed by atoms with Gasteiger partial charge in [0, 0.05) is 31.4 Å². The van der Waals surface area contributed by atoms with E-state index < -0.39 is 0 Å². The van der Waals surface area contributed by atoms with Crippen molar-refractivity contribution in [2.45, 2.75) is 6.04 Å². The van der Waals surface area contributed by atoms with E-state index in [1.807, 2.05) is 12.3 Å². The van der Waals surface area contributed by atoms with Crippen LogP contribution in [-0.2, 0) is 0 Å². The maximum Gasteiger partial charge on any atom is 0.103 e. The summed E-state index contributed by atoms with van der Waals surface area (Å²) in [6.07, 6.45) is 7.12. The minimum atomic E-state index is 0. The number of pyridine rings is 1. The van der Waals surface area contributed by atoms with Crippen molar-refractivity contribution in [3.63, 3.8) is 0 Å². The van der Waals surface area contributed by atoms with E-state index >= 15 is 0 Å². The van der Waals surface area contributed by atoms with E-state index in [1.54, 1.807) is 23.4 Å². The van der Waals surface area contributed by atoms with E-state index in [0.29, 0.717) is 5.92 Å². The Morgan fingerprint density at radius 1 is 1.24 bits per heavy atom. The van der Waals surface area contributed by atoms with Crippen LogP contribution in [0.2, 0.25) is 0 Å². The predicted octanol–water partition coefficient (Wildman–Crippen LogP) is 0.904. The summed E-state index contributed by atoms with van der Waals surface area (Å²) < 4.78 is 0. The van der Waals surface area contributed by atoms with Crippen LogP contribution in [0.5, 0.6) is 0 Å². The highest BCUT2D eigenvalue weighted by Crippen LogP contribution is 2.27. The van der Waals surface area contributed by atoms with Gasteiger partial charge in [-0.2, -0.15) is 15.0 Å². The molecular formula is C11H14ClN5. The quantitative estimate of drug-likeness (QED) is 0.881. The molecule has 0 bridgehead atoms. The fourth-order valence-corrected chi connectivity index (χ4v) is 2.05. The number of hydrogen-bond acceptors (Lipinski definition) is 4. The number of rotatable bonds is 3. The van der Waals surface area contributed by atoms with Gasteiger partial charge in [-0.3, -0.25) is 4.98 Å². The Kier molecular flexibility index (Phi) is 3.71. The smallest absolute Gasteiger partial charge is 0.103 e. The Morgan fingerprint density at radius 2 is 2.00 bits per heavy atom. The van der Waals surface area contributed by atoms with Crippen molar-refractivity contribution in [3.05, 3.63) is 42.5 Å². The molecule has 1 aliphatic rings. The van der Waals surface area contributed by atoms with E-state index in [2.05, 4.69) is 26.6 Å². The van der Waals surface area contributed by atoms with Gasteiger partial charge in [0.25, 0.3) is 0 Å². The molecule has 0 saturated carbocycles. The summed E-state index contributed by atoms with van der Waals surface area (Å²) in [6.45, 7) is 2.03. The van der Waals surface area contributed by atoms with Crippen LogP contribution in [0, 0.1) is 5.92 Å². The lowest BCUT2D eigenvalue weighted by atomic mass is 9.90. The molecule has 0 aromatic carbocycles. The molecule has 6 heteroatoms. The summed E-state index contributed by atoms with van der Waals surface area (Å²) >= 11 is 0. The average Bonchev–Trinajstić information content (AvgIpc) is 2.77. The second kappa shape index (κ2) is 5.25. The molecule has 90 valence electrons. The van der Waals surface area contributed by atoms with Gasteiger partial charge < -0.3 is 5.32 Å². The first kappa shape index (κ1) is 12.0. The predicted molar refractivity (Wildman–Crippen MR) is 66.0 cm³/mol. The molecule has 1 N–H and O–H groups in total. The number of nitrogens with one attached hydrogen (secondary N) is 1. The molecule has 0 aliphatic carbocycles. The van der Waals surface area contributed by atoms with E-state index in [1.165, 1.54) is 5.56 Å². The molecule has 2 aromatic heterocycles. The number of hydrogen-bond donors (Lipinski definition) is 1. The summed E-state index contributed by atoms with van der Waals surface area (Å²) in [5.74, 6) is 0.552. The molecule has 1 fully saturated rings. The van der Waals surface area contributed by atoms with Crippen LogP contribution < -0.4 is 5.32 Å². The lowest BCUT2D eigenvalue weighted by molar-refractivity contribution is 0.236. The van der Waals surface area contributed by atoms with Gasteiger partial charge in [0.05, 0.1) is 12.4 Å². The highest BCUT2D eigenvalue weighted by atomic mass is 35.5. The number of halogens is 1. The standard InChI is InChI=1S/C11H13N5.ClH/c1-2-9(6-12-3-1)11(10-7-13-8-10)16-14-4-5-15-16;/h1-6,10-11,13H,7-8H2;1H. The highest BCUT2D eigenvalue weighted by Gasteiger charge is 2.30. The van der Waals surface area contributed by atoms with E-state index in [0.717, 1.165) is 13.1 Å². The Bertz CT molecular complexity index is 440. The molecular weight excluding hydrogens is 238 g/mol. The summed E-state index contributed by atoms with van der Waals surface area (Å²) in [5, 5.41) is 11.8. The minimum Gasteiger partial charge on any atom is -0.316 e. The molecule has 0 spiro atoms. The lowest BCUT2D eigenvalue weighted by Gasteiger charge is -2.34. The van der Waals surface area contributed by atoms with Crippen molar-refractivity contribution >= 4 is 12.4 Å². The van der Waals surface area contributed by atoms with E-state index in [4.69, 9.17) is 0 Å². The molecule has 2 aromatic rings. The second-order valence-electron chi connectivity index (χ2n) is 4.00. The second-order valence-corrected chi connectivity index (χ2v) is 4.00. The maximum absolute atomic E-state index is 4.25. The lowest BCUT2D eigenvalue weighted by Crippen LogP contribution is -2.47. The van der Waals surface area contributed by atoms with Crippen molar-refractivity contribution in [2.75, 3.05) is 13.1 Å². The Hall–Kier alpha value is -1.46. The summed E-state index contributed by atoms with van der Waals surface area (Å²) in [5.41, 5.74) is 1.17. The molecule has 3 rings (SSSR count). The van der Waals surface area contributed by atoms with Crippen molar-refractivity contribution < 1.29 is 0 Å².